The summed E-state index contributed by atoms with van der Waals surface area (Å²) >= 11 is 0. The van der Waals surface area contributed by atoms with Crippen LogP contribution >= 0.6 is 0 Å². The SMILES string of the molecule is CCCCN(CCO)S(=O)(=O)Cc1ccccc1. The molecule has 1 aromatic carbocycles. The van der Waals surface area contributed by atoms with Crippen molar-refractivity contribution in [2.45, 2.75) is 25.5 Å². The van der Waals surface area contributed by atoms with E-state index < -0.39 is 10.0 Å². The fourth-order valence-corrected chi connectivity index (χ4v) is 3.28. The zero-order chi connectivity index (χ0) is 13.4. The second-order valence-electron chi connectivity index (χ2n) is 4.22. The fourth-order valence-electron chi connectivity index (χ4n) is 1.71. The first-order valence-electron chi connectivity index (χ1n) is 6.22. The highest BCUT2D eigenvalue weighted by molar-refractivity contribution is 7.88. The highest BCUT2D eigenvalue weighted by Crippen LogP contribution is 2.11. The van der Waals surface area contributed by atoms with Gasteiger partial charge in [0, 0.05) is 13.1 Å². The van der Waals surface area contributed by atoms with Crippen molar-refractivity contribution in [3.63, 3.8) is 0 Å². The molecular weight excluding hydrogens is 250 g/mol. The molecular formula is C13H21NO3S. The number of rotatable bonds is 8. The average Bonchev–Trinajstić information content (AvgIpc) is 2.35. The summed E-state index contributed by atoms with van der Waals surface area (Å²) in [6.45, 7) is 2.53. The first-order valence-corrected chi connectivity index (χ1v) is 7.83. The van der Waals surface area contributed by atoms with Gasteiger partial charge in [-0.25, -0.2) is 8.42 Å². The molecule has 0 bridgehead atoms. The average molecular weight is 271 g/mol. The Bertz CT molecular complexity index is 431. The van der Waals surface area contributed by atoms with E-state index in [-0.39, 0.29) is 18.9 Å². The topological polar surface area (TPSA) is 57.6 Å². The summed E-state index contributed by atoms with van der Waals surface area (Å²) in [6.07, 6.45) is 1.75. The molecule has 0 heterocycles. The number of sulfonamides is 1. The van der Waals surface area contributed by atoms with E-state index >= 15 is 0 Å². The lowest BCUT2D eigenvalue weighted by molar-refractivity contribution is 0.252. The van der Waals surface area contributed by atoms with E-state index in [1.165, 1.54) is 4.31 Å². The maximum absolute atomic E-state index is 12.2. The van der Waals surface area contributed by atoms with E-state index in [0.29, 0.717) is 6.54 Å². The van der Waals surface area contributed by atoms with Gasteiger partial charge in [-0.3, -0.25) is 0 Å². The van der Waals surface area contributed by atoms with Crippen molar-refractivity contribution in [3.8, 4) is 0 Å². The number of unbranched alkanes of at least 4 members (excludes halogenated alkanes) is 1. The Morgan fingerprint density at radius 2 is 1.83 bits per heavy atom. The Morgan fingerprint density at radius 3 is 2.39 bits per heavy atom. The molecule has 18 heavy (non-hydrogen) atoms. The third-order valence-corrected chi connectivity index (χ3v) is 4.55. The van der Waals surface area contributed by atoms with E-state index in [1.54, 1.807) is 12.1 Å². The van der Waals surface area contributed by atoms with Gasteiger partial charge in [0.1, 0.15) is 0 Å². The quantitative estimate of drug-likeness (QED) is 0.781. The number of hydrogen-bond donors (Lipinski definition) is 1. The number of nitrogens with zero attached hydrogens (tertiary/aromatic N) is 1. The van der Waals surface area contributed by atoms with Crippen molar-refractivity contribution in [1.82, 2.24) is 4.31 Å². The van der Waals surface area contributed by atoms with Crippen molar-refractivity contribution in [2.75, 3.05) is 19.7 Å². The molecule has 0 atom stereocenters. The van der Waals surface area contributed by atoms with Crippen LogP contribution in [0.2, 0.25) is 0 Å². The summed E-state index contributed by atoms with van der Waals surface area (Å²) in [6, 6.07) is 9.11. The molecule has 0 aliphatic rings. The monoisotopic (exact) mass is 271 g/mol. The van der Waals surface area contributed by atoms with Crippen LogP contribution in [0.3, 0.4) is 0 Å². The lowest BCUT2D eigenvalue weighted by atomic mass is 10.2. The van der Waals surface area contributed by atoms with Gasteiger partial charge in [0.05, 0.1) is 12.4 Å². The van der Waals surface area contributed by atoms with Gasteiger partial charge in [-0.05, 0) is 12.0 Å². The van der Waals surface area contributed by atoms with Crippen LogP contribution in [-0.2, 0) is 15.8 Å². The van der Waals surface area contributed by atoms with Crippen LogP contribution in [0.4, 0.5) is 0 Å². The maximum atomic E-state index is 12.2. The van der Waals surface area contributed by atoms with Crippen molar-refractivity contribution in [1.29, 1.82) is 0 Å². The number of aliphatic hydroxyl groups is 1. The Labute approximate surface area is 109 Å². The Kier molecular flexibility index (Phi) is 6.32. The fraction of sp³-hybridized carbons (Fsp3) is 0.538. The lowest BCUT2D eigenvalue weighted by Crippen LogP contribution is -2.35. The molecule has 0 saturated heterocycles. The van der Waals surface area contributed by atoms with E-state index in [9.17, 15) is 8.42 Å². The summed E-state index contributed by atoms with van der Waals surface area (Å²) < 4.78 is 25.8. The van der Waals surface area contributed by atoms with Crippen LogP contribution in [0.15, 0.2) is 30.3 Å². The molecule has 1 rings (SSSR count). The molecule has 0 amide bonds. The number of aliphatic hydroxyl groups excluding tert-OH is 1. The minimum absolute atomic E-state index is 0.00243. The molecule has 0 spiro atoms. The van der Waals surface area contributed by atoms with Gasteiger partial charge >= 0.3 is 0 Å². The smallest absolute Gasteiger partial charge is 0.218 e. The van der Waals surface area contributed by atoms with E-state index in [4.69, 9.17) is 5.11 Å². The molecule has 0 aromatic heterocycles. The number of benzene rings is 1. The van der Waals surface area contributed by atoms with Crippen LogP contribution in [0, 0.1) is 0 Å². The molecule has 4 nitrogen and oxygen atoms in total. The third kappa shape index (κ3) is 4.76. The van der Waals surface area contributed by atoms with E-state index in [1.807, 2.05) is 25.1 Å². The van der Waals surface area contributed by atoms with Gasteiger partial charge in [0.15, 0.2) is 0 Å². The zero-order valence-corrected chi connectivity index (χ0v) is 11.6. The predicted octanol–water partition coefficient (Wildman–Crippen LogP) is 1.61. The van der Waals surface area contributed by atoms with Gasteiger partial charge in [-0.1, -0.05) is 43.7 Å². The van der Waals surface area contributed by atoms with Gasteiger partial charge in [0.2, 0.25) is 10.0 Å². The highest BCUT2D eigenvalue weighted by atomic mass is 32.2. The van der Waals surface area contributed by atoms with Crippen LogP contribution in [0.1, 0.15) is 25.3 Å². The summed E-state index contributed by atoms with van der Waals surface area (Å²) in [5.41, 5.74) is 0.775. The minimum atomic E-state index is -3.34. The summed E-state index contributed by atoms with van der Waals surface area (Å²) in [4.78, 5) is 0. The van der Waals surface area contributed by atoms with Crippen LogP contribution in [0.25, 0.3) is 0 Å². The summed E-state index contributed by atoms with van der Waals surface area (Å²) in [7, 11) is -3.34. The molecule has 0 aliphatic carbocycles. The molecule has 0 fully saturated rings. The Morgan fingerprint density at radius 1 is 1.17 bits per heavy atom. The Balaban J connectivity index is 2.75. The van der Waals surface area contributed by atoms with Crippen LogP contribution < -0.4 is 0 Å². The standard InChI is InChI=1S/C13H21NO3S/c1-2-3-9-14(10-11-15)18(16,17)12-13-7-5-4-6-8-13/h4-8,15H,2-3,9-12H2,1H3. The molecule has 102 valence electrons. The maximum Gasteiger partial charge on any atom is 0.218 e. The van der Waals surface area contributed by atoms with Crippen molar-refractivity contribution < 1.29 is 13.5 Å². The third-order valence-electron chi connectivity index (χ3n) is 2.70. The van der Waals surface area contributed by atoms with Crippen LogP contribution in [-0.4, -0.2) is 37.5 Å². The minimum Gasteiger partial charge on any atom is -0.395 e. The molecule has 5 heteroatoms. The second-order valence-corrected chi connectivity index (χ2v) is 6.19. The molecule has 0 aliphatic heterocycles. The number of hydrogen-bond acceptors (Lipinski definition) is 3. The van der Waals surface area contributed by atoms with Gasteiger partial charge < -0.3 is 5.11 Å². The summed E-state index contributed by atoms with van der Waals surface area (Å²) in [5.74, 6) is -0.00243. The van der Waals surface area contributed by atoms with Crippen molar-refractivity contribution in [3.05, 3.63) is 35.9 Å². The highest BCUT2D eigenvalue weighted by Gasteiger charge is 2.21. The Hall–Kier alpha value is -0.910. The van der Waals surface area contributed by atoms with Gasteiger partial charge in [-0.15, -0.1) is 0 Å². The van der Waals surface area contributed by atoms with Crippen molar-refractivity contribution in [2.24, 2.45) is 0 Å². The van der Waals surface area contributed by atoms with E-state index in [0.717, 1.165) is 18.4 Å². The van der Waals surface area contributed by atoms with Crippen molar-refractivity contribution >= 4 is 10.0 Å². The molecule has 0 unspecified atom stereocenters. The van der Waals surface area contributed by atoms with E-state index in [2.05, 4.69) is 0 Å². The normalized spacial score (nSPS) is 11.9. The molecule has 1 aromatic rings. The molecule has 0 saturated carbocycles. The summed E-state index contributed by atoms with van der Waals surface area (Å²) in [5, 5.41) is 8.96. The largest absolute Gasteiger partial charge is 0.395 e. The van der Waals surface area contributed by atoms with Gasteiger partial charge in [-0.2, -0.15) is 4.31 Å². The van der Waals surface area contributed by atoms with Crippen LogP contribution in [0.5, 0.6) is 0 Å². The zero-order valence-electron chi connectivity index (χ0n) is 10.7. The molecule has 1 N–H and O–H groups in total. The second kappa shape index (κ2) is 7.51. The predicted molar refractivity (Wildman–Crippen MR) is 72.6 cm³/mol. The van der Waals surface area contributed by atoms with Gasteiger partial charge in [0.25, 0.3) is 0 Å². The molecule has 0 radical (unpaired) electrons. The lowest BCUT2D eigenvalue weighted by Gasteiger charge is -2.21. The first kappa shape index (κ1) is 15.1. The first-order chi connectivity index (χ1) is 8.60.